The number of fused-ring (bicyclic) bond motifs is 1. The van der Waals surface area contributed by atoms with Crippen molar-refractivity contribution in [2.45, 2.75) is 30.3 Å². The van der Waals surface area contributed by atoms with Gasteiger partial charge in [0.05, 0.1) is 6.61 Å². The van der Waals surface area contributed by atoms with E-state index in [9.17, 15) is 8.42 Å². The van der Waals surface area contributed by atoms with Crippen molar-refractivity contribution in [3.63, 3.8) is 0 Å². The van der Waals surface area contributed by atoms with Gasteiger partial charge in [-0.1, -0.05) is 0 Å². The summed E-state index contributed by atoms with van der Waals surface area (Å²) in [5.41, 5.74) is 0.711. The topological polar surface area (TPSA) is 108 Å². The monoisotopic (exact) mass is 403 g/mol. The maximum Gasteiger partial charge on any atom is 0.277 e. The van der Waals surface area contributed by atoms with E-state index in [-0.39, 0.29) is 11.1 Å². The lowest BCUT2D eigenvalue weighted by molar-refractivity contribution is 0.243. The third-order valence-electron chi connectivity index (χ3n) is 5.27. The van der Waals surface area contributed by atoms with Gasteiger partial charge >= 0.3 is 0 Å². The Morgan fingerprint density at radius 3 is 2.82 bits per heavy atom. The minimum atomic E-state index is -3.58. The number of rotatable bonds is 6. The Morgan fingerprint density at radius 1 is 1.21 bits per heavy atom. The lowest BCUT2D eigenvalue weighted by Gasteiger charge is -2.16. The van der Waals surface area contributed by atoms with Gasteiger partial charge in [0, 0.05) is 50.4 Å². The smallest absolute Gasteiger partial charge is 0.277 e. The predicted octanol–water partition coefficient (Wildman–Crippen LogP) is 0.825. The molecule has 148 valence electrons. The molecule has 1 aliphatic carbocycles. The van der Waals surface area contributed by atoms with Gasteiger partial charge in [0.25, 0.3) is 10.0 Å². The molecule has 5 rings (SSSR count). The number of sulfonamides is 1. The highest BCUT2D eigenvalue weighted by Crippen LogP contribution is 2.38. The van der Waals surface area contributed by atoms with Gasteiger partial charge in [-0.2, -0.15) is 8.82 Å². The Hall–Kier alpha value is -2.53. The molecule has 4 heterocycles. The van der Waals surface area contributed by atoms with Crippen LogP contribution in [0.5, 0.6) is 5.88 Å². The first kappa shape index (κ1) is 17.6. The Labute approximate surface area is 162 Å². The van der Waals surface area contributed by atoms with Gasteiger partial charge in [-0.15, -0.1) is 15.3 Å². The number of aromatic nitrogens is 6. The normalized spacial score (nSPS) is 20.8. The van der Waals surface area contributed by atoms with E-state index in [1.807, 2.05) is 6.07 Å². The van der Waals surface area contributed by atoms with Gasteiger partial charge in [-0.3, -0.25) is 0 Å². The molecule has 0 spiro atoms. The molecule has 28 heavy (non-hydrogen) atoms. The third kappa shape index (κ3) is 3.04. The molecule has 0 N–H and O–H groups in total. The first-order chi connectivity index (χ1) is 13.5. The molecule has 0 radical (unpaired) electrons. The van der Waals surface area contributed by atoms with Crippen molar-refractivity contribution in [2.75, 3.05) is 19.7 Å². The minimum absolute atomic E-state index is 0.0707. The molecule has 11 heteroatoms. The van der Waals surface area contributed by atoms with E-state index in [1.54, 1.807) is 23.8 Å². The second-order valence-corrected chi connectivity index (χ2v) is 9.26. The van der Waals surface area contributed by atoms with Crippen molar-refractivity contribution in [2.24, 2.45) is 13.0 Å². The molecule has 0 bridgehead atoms. The van der Waals surface area contributed by atoms with Crippen LogP contribution in [-0.2, 0) is 17.1 Å². The SMILES string of the molecule is Cn1ccnc1S(=O)(=O)N1CCC(COc2ccc3nnc(C4CC4)n3n2)C1. The fraction of sp³-hybridized carbons (Fsp3) is 0.529. The van der Waals surface area contributed by atoms with Crippen LogP contribution >= 0.6 is 0 Å². The van der Waals surface area contributed by atoms with Crippen LogP contribution in [0.1, 0.15) is 31.0 Å². The molecular formula is C17H21N7O3S. The molecule has 1 unspecified atom stereocenters. The molecule has 1 saturated carbocycles. The van der Waals surface area contributed by atoms with Crippen molar-refractivity contribution in [1.82, 2.24) is 33.7 Å². The molecule has 1 saturated heterocycles. The number of imidazole rings is 1. The van der Waals surface area contributed by atoms with E-state index < -0.39 is 10.0 Å². The molecular weight excluding hydrogens is 382 g/mol. The summed E-state index contributed by atoms with van der Waals surface area (Å²) in [6, 6.07) is 3.62. The first-order valence-electron chi connectivity index (χ1n) is 9.35. The zero-order valence-electron chi connectivity index (χ0n) is 15.5. The van der Waals surface area contributed by atoms with Crippen LogP contribution in [0.2, 0.25) is 0 Å². The molecule has 1 aliphatic heterocycles. The number of aryl methyl sites for hydroxylation is 1. The van der Waals surface area contributed by atoms with E-state index in [1.165, 1.54) is 15.1 Å². The standard InChI is InChI=1S/C17H21N7O3S/c1-22-9-7-18-17(22)28(25,26)23-8-6-12(10-23)11-27-15-5-4-14-19-20-16(13-2-3-13)24(14)21-15/h4-5,7,9,12-13H,2-3,6,8,10-11H2,1H3. The summed E-state index contributed by atoms with van der Waals surface area (Å²) in [5.74, 6) is 1.93. The van der Waals surface area contributed by atoms with Crippen LogP contribution in [0.25, 0.3) is 5.65 Å². The summed E-state index contributed by atoms with van der Waals surface area (Å²) >= 11 is 0. The molecule has 2 fully saturated rings. The molecule has 2 aliphatic rings. The fourth-order valence-electron chi connectivity index (χ4n) is 3.53. The number of hydrogen-bond donors (Lipinski definition) is 0. The second-order valence-electron chi connectivity index (χ2n) is 7.42. The van der Waals surface area contributed by atoms with Crippen molar-refractivity contribution in [1.29, 1.82) is 0 Å². The number of nitrogens with zero attached hydrogens (tertiary/aromatic N) is 7. The molecule has 3 aromatic rings. The maximum atomic E-state index is 12.7. The maximum absolute atomic E-state index is 12.7. The van der Waals surface area contributed by atoms with Crippen LogP contribution in [0.15, 0.2) is 29.7 Å². The summed E-state index contributed by atoms with van der Waals surface area (Å²) in [6.07, 6.45) is 6.11. The van der Waals surface area contributed by atoms with Gasteiger partial charge in [-0.05, 0) is 25.3 Å². The van der Waals surface area contributed by atoms with Crippen LogP contribution < -0.4 is 4.74 Å². The van der Waals surface area contributed by atoms with Gasteiger partial charge in [0.1, 0.15) is 0 Å². The van der Waals surface area contributed by atoms with Crippen LogP contribution in [0, 0.1) is 5.92 Å². The summed E-state index contributed by atoms with van der Waals surface area (Å²) < 4.78 is 36.1. The van der Waals surface area contributed by atoms with Gasteiger partial charge in [0.15, 0.2) is 11.5 Å². The molecule has 0 aromatic carbocycles. The lowest BCUT2D eigenvalue weighted by Crippen LogP contribution is -2.31. The quantitative estimate of drug-likeness (QED) is 0.600. The van der Waals surface area contributed by atoms with E-state index in [2.05, 4.69) is 20.3 Å². The average Bonchev–Trinajstić information content (AvgIpc) is 3.09. The van der Waals surface area contributed by atoms with E-state index in [4.69, 9.17) is 4.74 Å². The van der Waals surface area contributed by atoms with Crippen molar-refractivity contribution in [3.05, 3.63) is 30.4 Å². The Morgan fingerprint density at radius 2 is 2.07 bits per heavy atom. The fourth-order valence-corrected chi connectivity index (χ4v) is 5.14. The molecule has 1 atom stereocenters. The van der Waals surface area contributed by atoms with E-state index >= 15 is 0 Å². The minimum Gasteiger partial charge on any atom is -0.476 e. The highest BCUT2D eigenvalue weighted by atomic mass is 32.2. The lowest BCUT2D eigenvalue weighted by atomic mass is 10.1. The highest BCUT2D eigenvalue weighted by Gasteiger charge is 2.35. The molecule has 3 aromatic heterocycles. The summed E-state index contributed by atoms with van der Waals surface area (Å²) in [7, 11) is -1.90. The molecule has 10 nitrogen and oxygen atoms in total. The van der Waals surface area contributed by atoms with Crippen LogP contribution in [0.4, 0.5) is 0 Å². The third-order valence-corrected chi connectivity index (χ3v) is 7.13. The Balaban J connectivity index is 1.25. The Kier molecular flexibility index (Phi) is 4.09. The predicted molar refractivity (Wildman–Crippen MR) is 98.3 cm³/mol. The second kappa shape index (κ2) is 6.52. The molecule has 0 amide bonds. The highest BCUT2D eigenvalue weighted by molar-refractivity contribution is 7.89. The van der Waals surface area contributed by atoms with E-state index in [0.29, 0.717) is 37.1 Å². The Bertz CT molecular complexity index is 1120. The number of ether oxygens (including phenoxy) is 1. The van der Waals surface area contributed by atoms with Crippen LogP contribution in [-0.4, -0.2) is 61.8 Å². The van der Waals surface area contributed by atoms with E-state index in [0.717, 1.165) is 25.1 Å². The number of hydrogen-bond acceptors (Lipinski definition) is 7. The van der Waals surface area contributed by atoms with Gasteiger partial charge in [-0.25, -0.2) is 13.4 Å². The average molecular weight is 403 g/mol. The summed E-state index contributed by atoms with van der Waals surface area (Å²) in [6.45, 7) is 1.29. The zero-order valence-corrected chi connectivity index (χ0v) is 16.3. The van der Waals surface area contributed by atoms with Gasteiger partial charge in [0.2, 0.25) is 11.0 Å². The summed E-state index contributed by atoms with van der Waals surface area (Å²) in [4.78, 5) is 3.98. The van der Waals surface area contributed by atoms with Crippen molar-refractivity contribution < 1.29 is 13.2 Å². The largest absolute Gasteiger partial charge is 0.476 e. The summed E-state index contributed by atoms with van der Waals surface area (Å²) in [5, 5.41) is 12.9. The first-order valence-corrected chi connectivity index (χ1v) is 10.8. The van der Waals surface area contributed by atoms with Gasteiger partial charge < -0.3 is 9.30 Å². The van der Waals surface area contributed by atoms with Crippen molar-refractivity contribution >= 4 is 15.7 Å². The van der Waals surface area contributed by atoms with Crippen LogP contribution in [0.3, 0.4) is 0 Å². The zero-order chi connectivity index (χ0) is 19.3. The van der Waals surface area contributed by atoms with Crippen molar-refractivity contribution in [3.8, 4) is 5.88 Å².